The van der Waals surface area contributed by atoms with Crippen LogP contribution >= 0.6 is 0 Å². The molecule has 1 atom stereocenters. The van der Waals surface area contributed by atoms with Crippen LogP contribution in [0.4, 0.5) is 5.69 Å². The van der Waals surface area contributed by atoms with E-state index in [9.17, 15) is 4.79 Å². The van der Waals surface area contributed by atoms with Crippen molar-refractivity contribution >= 4 is 11.6 Å². The third kappa shape index (κ3) is 2.27. The fourth-order valence-electron chi connectivity index (χ4n) is 2.73. The van der Waals surface area contributed by atoms with E-state index in [4.69, 9.17) is 5.73 Å². The fraction of sp³-hybridized carbons (Fsp3) is 0.562. The monoisotopic (exact) mass is 260 g/mol. The Morgan fingerprint density at radius 3 is 2.58 bits per heavy atom. The van der Waals surface area contributed by atoms with E-state index in [1.807, 2.05) is 13.8 Å². The topological polar surface area (TPSA) is 55.1 Å². The summed E-state index contributed by atoms with van der Waals surface area (Å²) in [6.07, 6.45) is 2.95. The van der Waals surface area contributed by atoms with Gasteiger partial charge in [0.1, 0.15) is 0 Å². The van der Waals surface area contributed by atoms with Gasteiger partial charge in [-0.2, -0.15) is 0 Å². The lowest BCUT2D eigenvalue weighted by molar-refractivity contribution is -0.119. The van der Waals surface area contributed by atoms with Crippen LogP contribution in [-0.2, 0) is 16.6 Å². The summed E-state index contributed by atoms with van der Waals surface area (Å²) in [6.45, 7) is 8.21. The molecule has 0 radical (unpaired) electrons. The molecule has 1 aliphatic heterocycles. The zero-order valence-corrected chi connectivity index (χ0v) is 12.3. The quantitative estimate of drug-likeness (QED) is 0.873. The number of benzene rings is 1. The van der Waals surface area contributed by atoms with Gasteiger partial charge in [0.15, 0.2) is 0 Å². The second-order valence-corrected chi connectivity index (χ2v) is 5.93. The molecule has 0 aromatic heterocycles. The van der Waals surface area contributed by atoms with Crippen molar-refractivity contribution in [3.8, 4) is 0 Å². The highest BCUT2D eigenvalue weighted by Crippen LogP contribution is 2.41. The molecule has 0 saturated heterocycles. The fourth-order valence-corrected chi connectivity index (χ4v) is 2.73. The van der Waals surface area contributed by atoms with Gasteiger partial charge in [-0.15, -0.1) is 0 Å². The summed E-state index contributed by atoms with van der Waals surface area (Å²) in [5.74, 6) is 0.0819. The number of amides is 1. The largest absolute Gasteiger partial charge is 0.325 e. The minimum absolute atomic E-state index is 0.0621. The summed E-state index contributed by atoms with van der Waals surface area (Å²) in [4.78, 5) is 12.1. The lowest BCUT2D eigenvalue weighted by Gasteiger charge is -2.19. The molecule has 3 nitrogen and oxygen atoms in total. The van der Waals surface area contributed by atoms with E-state index in [1.165, 1.54) is 5.56 Å². The predicted octanol–water partition coefficient (Wildman–Crippen LogP) is 3.28. The van der Waals surface area contributed by atoms with Crippen LogP contribution in [0, 0.1) is 0 Å². The minimum Gasteiger partial charge on any atom is -0.325 e. The number of carbonyl (C=O) groups excluding carboxylic acids is 1. The standard InChI is InChI=1S/C16H24N2O/c1-5-7-13(17)11-8-10(6-2)14-12(9-11)16(3,4)15(19)18-14/h8-9,13H,5-7,17H2,1-4H3,(H,18,19). The molecule has 0 spiro atoms. The number of hydrogen-bond donors (Lipinski definition) is 2. The Balaban J connectivity index is 2.53. The zero-order chi connectivity index (χ0) is 14.2. The Bertz CT molecular complexity index is 506. The highest BCUT2D eigenvalue weighted by Gasteiger charge is 2.39. The van der Waals surface area contributed by atoms with E-state index >= 15 is 0 Å². The lowest BCUT2D eigenvalue weighted by atomic mass is 9.83. The van der Waals surface area contributed by atoms with Gasteiger partial charge in [0.25, 0.3) is 0 Å². The molecule has 0 fully saturated rings. The number of anilines is 1. The van der Waals surface area contributed by atoms with Crippen LogP contribution in [0.5, 0.6) is 0 Å². The molecule has 1 aliphatic rings. The highest BCUT2D eigenvalue weighted by atomic mass is 16.2. The van der Waals surface area contributed by atoms with Crippen molar-refractivity contribution in [2.45, 2.75) is 58.4 Å². The molecule has 1 aromatic rings. The van der Waals surface area contributed by atoms with Gasteiger partial charge in [-0.3, -0.25) is 4.79 Å². The SMILES string of the molecule is CCCC(N)c1cc(CC)c2c(c1)C(C)(C)C(=O)N2. The van der Waals surface area contributed by atoms with E-state index in [1.54, 1.807) is 0 Å². The van der Waals surface area contributed by atoms with Crippen LogP contribution in [0.25, 0.3) is 0 Å². The normalized spacial score (nSPS) is 18.1. The number of carbonyl (C=O) groups is 1. The molecule has 1 aromatic carbocycles. The third-order valence-corrected chi connectivity index (χ3v) is 4.13. The zero-order valence-electron chi connectivity index (χ0n) is 12.3. The Morgan fingerprint density at radius 2 is 2.00 bits per heavy atom. The number of nitrogens with two attached hydrogens (primary N) is 1. The summed E-state index contributed by atoms with van der Waals surface area (Å²) in [5, 5.41) is 3.03. The number of fused-ring (bicyclic) bond motifs is 1. The number of nitrogens with one attached hydrogen (secondary N) is 1. The van der Waals surface area contributed by atoms with E-state index < -0.39 is 5.41 Å². The lowest BCUT2D eigenvalue weighted by Crippen LogP contribution is -2.27. The molecule has 104 valence electrons. The molecule has 0 aliphatic carbocycles. The molecule has 3 heteroatoms. The number of hydrogen-bond acceptors (Lipinski definition) is 2. The van der Waals surface area contributed by atoms with Gasteiger partial charge in [0.05, 0.1) is 5.41 Å². The van der Waals surface area contributed by atoms with Crippen molar-refractivity contribution in [3.05, 3.63) is 28.8 Å². The Kier molecular flexibility index (Phi) is 3.68. The van der Waals surface area contributed by atoms with Crippen LogP contribution in [0.3, 0.4) is 0 Å². The first kappa shape index (κ1) is 14.1. The van der Waals surface area contributed by atoms with Gasteiger partial charge in [0, 0.05) is 11.7 Å². The first-order valence-electron chi connectivity index (χ1n) is 7.16. The highest BCUT2D eigenvalue weighted by molar-refractivity contribution is 6.06. The molecular formula is C16H24N2O. The second-order valence-electron chi connectivity index (χ2n) is 5.93. The van der Waals surface area contributed by atoms with Gasteiger partial charge in [0.2, 0.25) is 5.91 Å². The van der Waals surface area contributed by atoms with Gasteiger partial charge in [-0.25, -0.2) is 0 Å². The number of rotatable bonds is 4. The second kappa shape index (κ2) is 4.97. The molecule has 1 unspecified atom stereocenters. The van der Waals surface area contributed by atoms with Crippen molar-refractivity contribution in [2.24, 2.45) is 5.73 Å². The Morgan fingerprint density at radius 1 is 1.32 bits per heavy atom. The van der Waals surface area contributed by atoms with Crippen LogP contribution < -0.4 is 11.1 Å². The Labute approximate surface area is 115 Å². The third-order valence-electron chi connectivity index (χ3n) is 4.13. The van der Waals surface area contributed by atoms with Crippen molar-refractivity contribution in [1.29, 1.82) is 0 Å². The van der Waals surface area contributed by atoms with Crippen LogP contribution in [-0.4, -0.2) is 5.91 Å². The summed E-state index contributed by atoms with van der Waals surface area (Å²) >= 11 is 0. The molecule has 3 N–H and O–H groups in total. The van der Waals surface area contributed by atoms with Crippen molar-refractivity contribution in [2.75, 3.05) is 5.32 Å². The van der Waals surface area contributed by atoms with E-state index in [-0.39, 0.29) is 11.9 Å². The Hall–Kier alpha value is -1.35. The van der Waals surface area contributed by atoms with Gasteiger partial charge in [-0.1, -0.05) is 32.4 Å². The molecule has 1 amide bonds. The van der Waals surface area contributed by atoms with Crippen LogP contribution in [0.15, 0.2) is 12.1 Å². The average molecular weight is 260 g/mol. The van der Waals surface area contributed by atoms with Crippen molar-refractivity contribution in [1.82, 2.24) is 0 Å². The molecule has 19 heavy (non-hydrogen) atoms. The summed E-state index contributed by atoms with van der Waals surface area (Å²) < 4.78 is 0. The average Bonchev–Trinajstić information content (AvgIpc) is 2.60. The number of aryl methyl sites for hydroxylation is 1. The van der Waals surface area contributed by atoms with Gasteiger partial charge < -0.3 is 11.1 Å². The maximum atomic E-state index is 12.1. The van der Waals surface area contributed by atoms with Gasteiger partial charge in [-0.05, 0) is 43.4 Å². The van der Waals surface area contributed by atoms with Crippen LogP contribution in [0.2, 0.25) is 0 Å². The predicted molar refractivity (Wildman–Crippen MR) is 79.3 cm³/mol. The first-order valence-corrected chi connectivity index (χ1v) is 7.16. The molecule has 0 saturated carbocycles. The van der Waals surface area contributed by atoms with Crippen molar-refractivity contribution in [3.63, 3.8) is 0 Å². The summed E-state index contributed by atoms with van der Waals surface area (Å²) in [7, 11) is 0. The molecule has 1 heterocycles. The summed E-state index contributed by atoms with van der Waals surface area (Å²) in [6, 6.07) is 4.33. The first-order chi connectivity index (χ1) is 8.91. The van der Waals surface area contributed by atoms with E-state index in [0.717, 1.165) is 36.1 Å². The smallest absolute Gasteiger partial charge is 0.234 e. The van der Waals surface area contributed by atoms with Gasteiger partial charge >= 0.3 is 0 Å². The molecule has 0 bridgehead atoms. The van der Waals surface area contributed by atoms with E-state index in [2.05, 4.69) is 31.3 Å². The maximum Gasteiger partial charge on any atom is 0.234 e. The molecule has 2 rings (SSSR count). The van der Waals surface area contributed by atoms with Crippen molar-refractivity contribution < 1.29 is 4.79 Å². The minimum atomic E-state index is -0.457. The summed E-state index contributed by atoms with van der Waals surface area (Å²) in [5.41, 5.74) is 10.2. The van der Waals surface area contributed by atoms with Crippen LogP contribution in [0.1, 0.15) is 63.3 Å². The molecular weight excluding hydrogens is 236 g/mol. The van der Waals surface area contributed by atoms with E-state index in [0.29, 0.717) is 0 Å². The maximum absolute atomic E-state index is 12.1.